The molecule has 1 atom stereocenters. The number of carbonyl (C=O) groups excluding carboxylic acids is 2. The molecule has 3 amide bonds. The number of anilines is 1. The number of aromatic nitrogens is 2. The maximum atomic E-state index is 11.4. The van der Waals surface area contributed by atoms with Crippen LogP contribution in [0.1, 0.15) is 6.42 Å². The summed E-state index contributed by atoms with van der Waals surface area (Å²) in [4.78, 5) is 32.8. The predicted molar refractivity (Wildman–Crippen MR) is 60.6 cm³/mol. The molecule has 0 fully saturated rings. The molecule has 0 radical (unpaired) electrons. The summed E-state index contributed by atoms with van der Waals surface area (Å²) >= 11 is 0. The van der Waals surface area contributed by atoms with Gasteiger partial charge in [0.2, 0.25) is 5.91 Å². The number of carbonyl (C=O) groups is 3. The number of hydrogen-bond donors (Lipinski definition) is 4. The molecule has 1 aromatic rings. The van der Waals surface area contributed by atoms with Crippen LogP contribution in [0.5, 0.6) is 0 Å². The molecule has 18 heavy (non-hydrogen) atoms. The first kappa shape index (κ1) is 13.5. The number of nitrogens with one attached hydrogen (secondary N) is 2. The monoisotopic (exact) mass is 255 g/mol. The Morgan fingerprint density at radius 1 is 1.56 bits per heavy atom. The first-order valence-corrected chi connectivity index (χ1v) is 4.96. The van der Waals surface area contributed by atoms with Gasteiger partial charge in [-0.15, -0.1) is 0 Å². The van der Waals surface area contributed by atoms with Gasteiger partial charge >= 0.3 is 12.0 Å². The SMILES string of the molecule is Cn1ccc(NC(=O)N[C@H](CC(N)=O)C(=O)O)n1. The molecule has 9 heteroatoms. The average molecular weight is 255 g/mol. The standard InChI is InChI=1S/C9H13N5O4/c1-14-3-2-7(13-14)12-9(18)11-5(8(16)17)4-6(10)15/h2-3,5H,4H2,1H3,(H2,10,15)(H,16,17)(H2,11,12,13,18)/t5-/m1/s1. The molecule has 1 aromatic heterocycles. The third-order valence-corrected chi connectivity index (χ3v) is 1.96. The number of nitrogens with two attached hydrogens (primary N) is 1. The Balaban J connectivity index is 2.56. The molecule has 1 heterocycles. The number of aryl methyl sites for hydroxylation is 1. The van der Waals surface area contributed by atoms with E-state index in [-0.39, 0.29) is 5.82 Å². The number of hydrogen-bond acceptors (Lipinski definition) is 4. The second kappa shape index (κ2) is 5.66. The van der Waals surface area contributed by atoms with Crippen molar-refractivity contribution in [2.45, 2.75) is 12.5 Å². The minimum atomic E-state index is -1.37. The maximum Gasteiger partial charge on any atom is 0.326 e. The van der Waals surface area contributed by atoms with Crippen molar-refractivity contribution in [3.05, 3.63) is 12.3 Å². The molecular formula is C9H13N5O4. The molecule has 0 spiro atoms. The Labute approximate surface area is 102 Å². The molecule has 0 aromatic carbocycles. The lowest BCUT2D eigenvalue weighted by Gasteiger charge is -2.12. The van der Waals surface area contributed by atoms with Gasteiger partial charge in [0.1, 0.15) is 6.04 Å². The average Bonchev–Trinajstić information content (AvgIpc) is 2.62. The third-order valence-electron chi connectivity index (χ3n) is 1.96. The zero-order chi connectivity index (χ0) is 13.7. The predicted octanol–water partition coefficient (Wildman–Crippen LogP) is -1.13. The van der Waals surface area contributed by atoms with Crippen LogP contribution in [0.4, 0.5) is 10.6 Å². The van der Waals surface area contributed by atoms with E-state index in [0.717, 1.165) is 0 Å². The van der Waals surface area contributed by atoms with Gasteiger partial charge < -0.3 is 16.2 Å². The largest absolute Gasteiger partial charge is 0.480 e. The zero-order valence-corrected chi connectivity index (χ0v) is 9.58. The third kappa shape index (κ3) is 4.12. The molecule has 0 unspecified atom stereocenters. The van der Waals surface area contributed by atoms with E-state index in [1.807, 2.05) is 0 Å². The summed E-state index contributed by atoms with van der Waals surface area (Å²) in [6, 6.07) is -0.614. The first-order chi connectivity index (χ1) is 8.38. The molecule has 0 saturated carbocycles. The number of urea groups is 1. The molecule has 5 N–H and O–H groups in total. The van der Waals surface area contributed by atoms with Gasteiger partial charge in [0.25, 0.3) is 0 Å². The fourth-order valence-corrected chi connectivity index (χ4v) is 1.19. The lowest BCUT2D eigenvalue weighted by Crippen LogP contribution is -2.45. The number of aliphatic carboxylic acids is 1. The lowest BCUT2D eigenvalue weighted by atomic mass is 10.2. The van der Waals surface area contributed by atoms with Crippen LogP contribution in [-0.2, 0) is 16.6 Å². The van der Waals surface area contributed by atoms with Crippen molar-refractivity contribution in [1.82, 2.24) is 15.1 Å². The topological polar surface area (TPSA) is 139 Å². The summed E-state index contributed by atoms with van der Waals surface area (Å²) in [6.07, 6.45) is 1.12. The number of carboxylic acid groups (broad SMARTS) is 1. The van der Waals surface area contributed by atoms with E-state index in [1.165, 1.54) is 10.7 Å². The molecule has 1 rings (SSSR count). The van der Waals surface area contributed by atoms with Gasteiger partial charge in [0, 0.05) is 19.3 Å². The number of amides is 3. The molecule has 0 aliphatic rings. The molecule has 0 aliphatic carbocycles. The van der Waals surface area contributed by atoms with Gasteiger partial charge in [-0.1, -0.05) is 0 Å². The highest BCUT2D eigenvalue weighted by atomic mass is 16.4. The van der Waals surface area contributed by atoms with Crippen molar-refractivity contribution in [3.63, 3.8) is 0 Å². The van der Waals surface area contributed by atoms with Crippen LogP contribution in [0, 0.1) is 0 Å². The summed E-state index contributed by atoms with van der Waals surface area (Å²) in [7, 11) is 1.66. The van der Waals surface area contributed by atoms with Gasteiger partial charge in [-0.2, -0.15) is 5.10 Å². The zero-order valence-electron chi connectivity index (χ0n) is 9.58. The summed E-state index contributed by atoms with van der Waals surface area (Å²) in [6.45, 7) is 0. The Hall–Kier alpha value is -2.58. The van der Waals surface area contributed by atoms with E-state index in [0.29, 0.717) is 0 Å². The van der Waals surface area contributed by atoms with Gasteiger partial charge in [-0.05, 0) is 0 Å². The van der Waals surface area contributed by atoms with E-state index >= 15 is 0 Å². The quantitative estimate of drug-likeness (QED) is 0.527. The highest BCUT2D eigenvalue weighted by Gasteiger charge is 2.22. The Bertz CT molecular complexity index is 469. The highest BCUT2D eigenvalue weighted by Crippen LogP contribution is 2.01. The van der Waals surface area contributed by atoms with Gasteiger partial charge in [0.15, 0.2) is 5.82 Å². The van der Waals surface area contributed by atoms with Gasteiger partial charge in [-0.25, -0.2) is 9.59 Å². The lowest BCUT2D eigenvalue weighted by molar-refractivity contribution is -0.140. The minimum absolute atomic E-state index is 0.262. The van der Waals surface area contributed by atoms with Crippen molar-refractivity contribution in [2.75, 3.05) is 5.32 Å². The summed E-state index contributed by atoms with van der Waals surface area (Å²) in [5.74, 6) is -1.90. The van der Waals surface area contributed by atoms with E-state index in [2.05, 4.69) is 15.7 Å². The Morgan fingerprint density at radius 3 is 2.67 bits per heavy atom. The summed E-state index contributed by atoms with van der Waals surface area (Å²) < 4.78 is 1.47. The van der Waals surface area contributed by atoms with Crippen molar-refractivity contribution in [1.29, 1.82) is 0 Å². The minimum Gasteiger partial charge on any atom is -0.480 e. The fraction of sp³-hybridized carbons (Fsp3) is 0.333. The summed E-state index contributed by atoms with van der Waals surface area (Å²) in [5, 5.41) is 17.1. The molecule has 0 saturated heterocycles. The van der Waals surface area contributed by atoms with Crippen LogP contribution in [0.2, 0.25) is 0 Å². The molecule has 0 aliphatic heterocycles. The number of rotatable bonds is 5. The summed E-state index contributed by atoms with van der Waals surface area (Å²) in [5.41, 5.74) is 4.87. The molecular weight excluding hydrogens is 242 g/mol. The van der Waals surface area contributed by atoms with Crippen LogP contribution in [0.15, 0.2) is 12.3 Å². The number of nitrogens with zero attached hydrogens (tertiary/aromatic N) is 2. The van der Waals surface area contributed by atoms with Crippen molar-refractivity contribution >= 4 is 23.7 Å². The van der Waals surface area contributed by atoms with Gasteiger partial charge in [-0.3, -0.25) is 14.8 Å². The van der Waals surface area contributed by atoms with Crippen LogP contribution in [-0.4, -0.2) is 38.8 Å². The van der Waals surface area contributed by atoms with Crippen molar-refractivity contribution < 1.29 is 19.5 Å². The first-order valence-electron chi connectivity index (χ1n) is 4.96. The normalized spacial score (nSPS) is 11.6. The molecule has 98 valence electrons. The fourth-order valence-electron chi connectivity index (χ4n) is 1.19. The van der Waals surface area contributed by atoms with Crippen LogP contribution in [0.3, 0.4) is 0 Å². The smallest absolute Gasteiger partial charge is 0.326 e. The Morgan fingerprint density at radius 2 is 2.22 bits per heavy atom. The van der Waals surface area contributed by atoms with Gasteiger partial charge in [0.05, 0.1) is 6.42 Å². The van der Waals surface area contributed by atoms with Crippen LogP contribution >= 0.6 is 0 Å². The molecule has 9 nitrogen and oxygen atoms in total. The molecule has 0 bridgehead atoms. The Kier molecular flexibility index (Phi) is 4.24. The number of carboxylic acids is 1. The number of primary amides is 1. The second-order valence-electron chi connectivity index (χ2n) is 3.53. The van der Waals surface area contributed by atoms with Crippen LogP contribution < -0.4 is 16.4 Å². The van der Waals surface area contributed by atoms with E-state index < -0.39 is 30.4 Å². The van der Waals surface area contributed by atoms with E-state index in [1.54, 1.807) is 13.2 Å². The van der Waals surface area contributed by atoms with E-state index in [9.17, 15) is 14.4 Å². The van der Waals surface area contributed by atoms with Crippen molar-refractivity contribution in [2.24, 2.45) is 12.8 Å². The highest BCUT2D eigenvalue weighted by molar-refractivity contribution is 5.93. The second-order valence-corrected chi connectivity index (χ2v) is 3.53. The van der Waals surface area contributed by atoms with Crippen LogP contribution in [0.25, 0.3) is 0 Å². The van der Waals surface area contributed by atoms with E-state index in [4.69, 9.17) is 10.8 Å². The van der Waals surface area contributed by atoms with Crippen molar-refractivity contribution in [3.8, 4) is 0 Å². The maximum absolute atomic E-state index is 11.4.